The smallest absolute Gasteiger partial charge is 0.253 e. The summed E-state index contributed by atoms with van der Waals surface area (Å²) in [5.41, 5.74) is 3.98. The molecular weight excluding hydrogens is 404 g/mol. The Balaban J connectivity index is 1.92. The molecule has 1 amide bonds. The number of amides is 1. The van der Waals surface area contributed by atoms with Gasteiger partial charge in [-0.15, -0.1) is 0 Å². The maximum atomic E-state index is 12.4. The van der Waals surface area contributed by atoms with Crippen LogP contribution in [0.2, 0.25) is 0 Å². The summed E-state index contributed by atoms with van der Waals surface area (Å²) in [7, 11) is 3.40. The van der Waals surface area contributed by atoms with Crippen LogP contribution in [-0.2, 0) is 17.8 Å². The first-order valence-corrected chi connectivity index (χ1v) is 11.1. The molecule has 2 aromatic carbocycles. The van der Waals surface area contributed by atoms with Crippen LogP contribution in [0.3, 0.4) is 0 Å². The molecule has 0 aliphatic heterocycles. The Bertz CT molecular complexity index is 877. The summed E-state index contributed by atoms with van der Waals surface area (Å²) in [6.45, 7) is 9.68. The highest BCUT2D eigenvalue weighted by atomic mass is 16.5. The van der Waals surface area contributed by atoms with Gasteiger partial charge < -0.3 is 25.0 Å². The summed E-state index contributed by atoms with van der Waals surface area (Å²) in [6.07, 6.45) is 0. The zero-order valence-electron chi connectivity index (χ0n) is 19.9. The standard InChI is InChI=1S/C25H36N4O3/c1-6-29(7-2)24(30)21-12-9-20(10-13-21)17-27-25(26-4)28-18-22-11-8-19(3)16-23(22)32-15-14-31-5/h8-13,16H,6-7,14-15,17-18H2,1-5H3,(H2,26,27,28). The lowest BCUT2D eigenvalue weighted by molar-refractivity contribution is 0.0773. The molecule has 0 aliphatic carbocycles. The number of methoxy groups -OCH3 is 1. The van der Waals surface area contributed by atoms with Crippen molar-refractivity contribution in [3.05, 3.63) is 64.7 Å². The number of guanidine groups is 1. The van der Waals surface area contributed by atoms with E-state index in [1.54, 1.807) is 14.2 Å². The lowest BCUT2D eigenvalue weighted by atomic mass is 10.1. The van der Waals surface area contributed by atoms with Crippen molar-refractivity contribution in [3.63, 3.8) is 0 Å². The quantitative estimate of drug-likeness (QED) is 0.318. The van der Waals surface area contributed by atoms with Crippen molar-refractivity contribution < 1.29 is 14.3 Å². The highest BCUT2D eigenvalue weighted by Crippen LogP contribution is 2.20. The minimum absolute atomic E-state index is 0.0635. The van der Waals surface area contributed by atoms with Crippen molar-refractivity contribution >= 4 is 11.9 Å². The van der Waals surface area contributed by atoms with Crippen LogP contribution >= 0.6 is 0 Å². The van der Waals surface area contributed by atoms with Crippen molar-refractivity contribution in [2.45, 2.75) is 33.9 Å². The number of benzene rings is 2. The van der Waals surface area contributed by atoms with E-state index in [9.17, 15) is 4.79 Å². The fourth-order valence-corrected chi connectivity index (χ4v) is 3.22. The van der Waals surface area contributed by atoms with E-state index < -0.39 is 0 Å². The van der Waals surface area contributed by atoms with E-state index in [2.05, 4.69) is 27.8 Å². The topological polar surface area (TPSA) is 75.2 Å². The highest BCUT2D eigenvalue weighted by Gasteiger charge is 2.12. The lowest BCUT2D eigenvalue weighted by Crippen LogP contribution is -2.36. The van der Waals surface area contributed by atoms with Crippen molar-refractivity contribution in [1.82, 2.24) is 15.5 Å². The Morgan fingerprint density at radius 2 is 1.69 bits per heavy atom. The summed E-state index contributed by atoms with van der Waals surface area (Å²) >= 11 is 0. The number of carbonyl (C=O) groups excluding carboxylic acids is 1. The number of aryl methyl sites for hydroxylation is 1. The molecule has 32 heavy (non-hydrogen) atoms. The molecule has 0 heterocycles. The number of hydrogen-bond acceptors (Lipinski definition) is 4. The van der Waals surface area contributed by atoms with E-state index in [0.29, 0.717) is 50.9 Å². The van der Waals surface area contributed by atoms with E-state index in [0.717, 1.165) is 22.4 Å². The van der Waals surface area contributed by atoms with Gasteiger partial charge in [-0.25, -0.2) is 0 Å². The van der Waals surface area contributed by atoms with Gasteiger partial charge in [0, 0.05) is 51.5 Å². The van der Waals surface area contributed by atoms with Crippen LogP contribution < -0.4 is 15.4 Å². The zero-order chi connectivity index (χ0) is 23.3. The predicted octanol–water partition coefficient (Wildman–Crippen LogP) is 3.37. The van der Waals surface area contributed by atoms with Crippen LogP contribution in [-0.4, -0.2) is 57.2 Å². The highest BCUT2D eigenvalue weighted by molar-refractivity contribution is 5.94. The number of rotatable bonds is 11. The Kier molecular flexibility index (Phi) is 10.5. The van der Waals surface area contributed by atoms with Gasteiger partial charge >= 0.3 is 0 Å². The normalized spacial score (nSPS) is 11.2. The summed E-state index contributed by atoms with van der Waals surface area (Å²) in [4.78, 5) is 18.6. The number of nitrogens with one attached hydrogen (secondary N) is 2. The van der Waals surface area contributed by atoms with Crippen LogP contribution in [0.5, 0.6) is 5.75 Å². The molecule has 0 saturated heterocycles. The van der Waals surface area contributed by atoms with Crippen molar-refractivity contribution in [1.29, 1.82) is 0 Å². The molecule has 7 nitrogen and oxygen atoms in total. The minimum Gasteiger partial charge on any atom is -0.491 e. The molecule has 2 rings (SSSR count). The molecule has 2 aromatic rings. The van der Waals surface area contributed by atoms with Gasteiger partial charge in [0.1, 0.15) is 12.4 Å². The second kappa shape index (κ2) is 13.4. The Morgan fingerprint density at radius 3 is 2.31 bits per heavy atom. The lowest BCUT2D eigenvalue weighted by Gasteiger charge is -2.18. The molecule has 0 radical (unpaired) electrons. The summed E-state index contributed by atoms with van der Waals surface area (Å²) < 4.78 is 10.9. The van der Waals surface area contributed by atoms with Gasteiger partial charge in [-0.05, 0) is 50.1 Å². The Morgan fingerprint density at radius 1 is 1.00 bits per heavy atom. The van der Waals surface area contributed by atoms with Crippen LogP contribution in [0.1, 0.15) is 40.9 Å². The fourth-order valence-electron chi connectivity index (χ4n) is 3.22. The molecule has 0 spiro atoms. The average molecular weight is 441 g/mol. The van der Waals surface area contributed by atoms with Gasteiger partial charge in [-0.1, -0.05) is 24.3 Å². The molecule has 7 heteroatoms. The fraction of sp³-hybridized carbons (Fsp3) is 0.440. The molecule has 0 atom stereocenters. The molecule has 0 bridgehead atoms. The second-order valence-corrected chi connectivity index (χ2v) is 7.41. The van der Waals surface area contributed by atoms with Gasteiger partial charge in [-0.3, -0.25) is 9.79 Å². The van der Waals surface area contributed by atoms with E-state index in [1.165, 1.54) is 0 Å². The third-order valence-corrected chi connectivity index (χ3v) is 5.15. The molecule has 0 saturated carbocycles. The van der Waals surface area contributed by atoms with Crippen LogP contribution in [0.4, 0.5) is 0 Å². The van der Waals surface area contributed by atoms with Gasteiger partial charge in [-0.2, -0.15) is 0 Å². The molecular formula is C25H36N4O3. The predicted molar refractivity (Wildman–Crippen MR) is 129 cm³/mol. The van der Waals surface area contributed by atoms with E-state index >= 15 is 0 Å². The van der Waals surface area contributed by atoms with Crippen LogP contribution in [0.15, 0.2) is 47.5 Å². The van der Waals surface area contributed by atoms with Crippen LogP contribution in [0.25, 0.3) is 0 Å². The first-order valence-electron chi connectivity index (χ1n) is 11.1. The summed E-state index contributed by atoms with van der Waals surface area (Å²) in [6, 6.07) is 13.9. The number of nitrogens with zero attached hydrogens (tertiary/aromatic N) is 2. The molecule has 0 aliphatic rings. The number of aliphatic imine (C=N–C) groups is 1. The van der Waals surface area contributed by atoms with Crippen molar-refractivity contribution in [2.24, 2.45) is 4.99 Å². The molecule has 2 N–H and O–H groups in total. The third-order valence-electron chi connectivity index (χ3n) is 5.15. The van der Waals surface area contributed by atoms with E-state index in [-0.39, 0.29) is 5.91 Å². The second-order valence-electron chi connectivity index (χ2n) is 7.41. The van der Waals surface area contributed by atoms with Gasteiger partial charge in [0.05, 0.1) is 6.61 Å². The summed E-state index contributed by atoms with van der Waals surface area (Å²) in [5.74, 6) is 1.60. The minimum atomic E-state index is 0.0635. The average Bonchev–Trinajstić information content (AvgIpc) is 2.81. The van der Waals surface area contributed by atoms with Gasteiger partial charge in [0.15, 0.2) is 5.96 Å². The van der Waals surface area contributed by atoms with E-state index in [4.69, 9.17) is 9.47 Å². The Labute approximate surface area is 191 Å². The van der Waals surface area contributed by atoms with Gasteiger partial charge in [0.2, 0.25) is 0 Å². The molecule has 174 valence electrons. The number of hydrogen-bond donors (Lipinski definition) is 2. The first-order chi connectivity index (χ1) is 15.5. The van der Waals surface area contributed by atoms with Crippen LogP contribution in [0, 0.1) is 6.92 Å². The van der Waals surface area contributed by atoms with E-state index in [1.807, 2.05) is 56.0 Å². The SMILES string of the molecule is CCN(CC)C(=O)c1ccc(CNC(=NC)NCc2ccc(C)cc2OCCOC)cc1. The summed E-state index contributed by atoms with van der Waals surface area (Å²) in [5, 5.41) is 6.65. The maximum absolute atomic E-state index is 12.4. The molecule has 0 aromatic heterocycles. The van der Waals surface area contributed by atoms with Gasteiger partial charge in [0.25, 0.3) is 5.91 Å². The third kappa shape index (κ3) is 7.57. The van der Waals surface area contributed by atoms with Crippen molar-refractivity contribution in [3.8, 4) is 5.75 Å². The molecule has 0 fully saturated rings. The first kappa shape index (κ1) is 25.2. The number of ether oxygens (including phenoxy) is 2. The Hall–Kier alpha value is -3.06. The maximum Gasteiger partial charge on any atom is 0.253 e. The zero-order valence-corrected chi connectivity index (χ0v) is 19.9. The largest absolute Gasteiger partial charge is 0.491 e. The number of carbonyl (C=O) groups is 1. The van der Waals surface area contributed by atoms with Crippen molar-refractivity contribution in [2.75, 3.05) is 40.5 Å². The molecule has 0 unspecified atom stereocenters. The monoisotopic (exact) mass is 440 g/mol.